The molecule has 86 valence electrons. The summed E-state index contributed by atoms with van der Waals surface area (Å²) in [6, 6.07) is 0. The van der Waals surface area contributed by atoms with E-state index >= 15 is 0 Å². The van der Waals surface area contributed by atoms with E-state index in [0.717, 1.165) is 25.8 Å². The molecule has 2 bridgehead atoms. The summed E-state index contributed by atoms with van der Waals surface area (Å²) < 4.78 is 5.33. The Morgan fingerprint density at radius 2 is 1.80 bits per heavy atom. The van der Waals surface area contributed by atoms with E-state index in [1.807, 2.05) is 20.8 Å². The van der Waals surface area contributed by atoms with Gasteiger partial charge in [-0.05, 0) is 57.4 Å². The second-order valence-electron chi connectivity index (χ2n) is 6.50. The average molecular weight is 211 g/mol. The number of hydrogen-bond donors (Lipinski definition) is 1. The molecule has 0 saturated heterocycles. The molecular weight excluding hydrogens is 190 g/mol. The summed E-state index contributed by atoms with van der Waals surface area (Å²) in [4.78, 5) is 11.6. The highest BCUT2D eigenvalue weighted by molar-refractivity contribution is 5.71. The first kappa shape index (κ1) is 10.9. The maximum absolute atomic E-state index is 11.6. The van der Waals surface area contributed by atoms with Gasteiger partial charge in [-0.15, -0.1) is 0 Å². The molecule has 0 aliphatic heterocycles. The fraction of sp³-hybridized carbons (Fsp3) is 0.917. The molecule has 0 aromatic carbocycles. The van der Waals surface area contributed by atoms with Gasteiger partial charge in [0.05, 0.1) is 6.42 Å². The summed E-state index contributed by atoms with van der Waals surface area (Å²) >= 11 is 0. The van der Waals surface area contributed by atoms with Crippen LogP contribution in [0.25, 0.3) is 0 Å². The number of nitrogens with two attached hydrogens (primary N) is 1. The van der Waals surface area contributed by atoms with Crippen LogP contribution in [0.5, 0.6) is 0 Å². The molecule has 0 unspecified atom stereocenters. The molecule has 15 heavy (non-hydrogen) atoms. The van der Waals surface area contributed by atoms with Crippen molar-refractivity contribution in [2.75, 3.05) is 6.54 Å². The fourth-order valence-electron chi connectivity index (χ4n) is 3.32. The molecule has 2 N–H and O–H groups in total. The van der Waals surface area contributed by atoms with Gasteiger partial charge in [0.25, 0.3) is 0 Å². The van der Waals surface area contributed by atoms with Crippen LogP contribution in [0.3, 0.4) is 0 Å². The highest BCUT2D eigenvalue weighted by Gasteiger charge is 2.67. The van der Waals surface area contributed by atoms with E-state index in [1.165, 1.54) is 0 Å². The van der Waals surface area contributed by atoms with E-state index in [0.29, 0.717) is 11.8 Å². The molecule has 3 aliphatic carbocycles. The largest absolute Gasteiger partial charge is 0.460 e. The molecule has 0 spiro atoms. The summed E-state index contributed by atoms with van der Waals surface area (Å²) in [6.45, 7) is 6.51. The predicted molar refractivity (Wildman–Crippen MR) is 58.2 cm³/mol. The maximum Gasteiger partial charge on any atom is 0.306 e. The van der Waals surface area contributed by atoms with E-state index in [1.54, 1.807) is 0 Å². The molecular formula is C12H21NO2. The first-order chi connectivity index (χ1) is 6.78. The lowest BCUT2D eigenvalue weighted by molar-refractivity contribution is -0.211. The molecule has 0 heterocycles. The lowest BCUT2D eigenvalue weighted by Crippen LogP contribution is -2.65. The molecule has 3 nitrogen and oxygen atoms in total. The fourth-order valence-corrected chi connectivity index (χ4v) is 3.32. The first-order valence-electron chi connectivity index (χ1n) is 5.70. The van der Waals surface area contributed by atoms with E-state index in [2.05, 4.69) is 0 Å². The number of hydrogen-bond acceptors (Lipinski definition) is 3. The molecule has 3 saturated carbocycles. The SMILES string of the molecule is CC(C)(C)OC(=O)CC12CC(CN)(C1)C2. The molecule has 0 atom stereocenters. The Balaban J connectivity index is 1.79. The minimum absolute atomic E-state index is 0.0483. The molecule has 0 aromatic heterocycles. The van der Waals surface area contributed by atoms with Crippen LogP contribution in [0.1, 0.15) is 46.5 Å². The summed E-state index contributed by atoms with van der Waals surface area (Å²) in [6.07, 6.45) is 3.99. The van der Waals surface area contributed by atoms with Gasteiger partial charge in [0, 0.05) is 0 Å². The van der Waals surface area contributed by atoms with Gasteiger partial charge in [-0.2, -0.15) is 0 Å². The third kappa shape index (κ3) is 1.89. The number of rotatable bonds is 3. The lowest BCUT2D eigenvalue weighted by atomic mass is 9.34. The normalized spacial score (nSPS) is 37.9. The zero-order valence-corrected chi connectivity index (χ0v) is 9.93. The first-order valence-corrected chi connectivity index (χ1v) is 5.70. The number of carbonyl (C=O) groups excluding carboxylic acids is 1. The van der Waals surface area contributed by atoms with Gasteiger partial charge in [-0.3, -0.25) is 4.79 Å². The molecule has 0 radical (unpaired) electrons. The Morgan fingerprint density at radius 1 is 1.27 bits per heavy atom. The Kier molecular flexibility index (Phi) is 2.16. The molecule has 0 amide bonds. The second kappa shape index (κ2) is 2.97. The van der Waals surface area contributed by atoms with Gasteiger partial charge in [-0.25, -0.2) is 0 Å². The summed E-state index contributed by atoms with van der Waals surface area (Å²) in [5, 5.41) is 0. The molecule has 3 fully saturated rings. The second-order valence-corrected chi connectivity index (χ2v) is 6.50. The molecule has 3 heteroatoms. The van der Waals surface area contributed by atoms with Crippen molar-refractivity contribution < 1.29 is 9.53 Å². The van der Waals surface area contributed by atoms with Gasteiger partial charge in [-0.1, -0.05) is 0 Å². The Hall–Kier alpha value is -0.570. The predicted octanol–water partition coefficient (Wildman–Crippen LogP) is 1.85. The summed E-state index contributed by atoms with van der Waals surface area (Å²) in [5.74, 6) is -0.0483. The van der Waals surface area contributed by atoms with Crippen molar-refractivity contribution in [2.45, 2.75) is 52.1 Å². The van der Waals surface area contributed by atoms with Crippen LogP contribution in [0, 0.1) is 10.8 Å². The quantitative estimate of drug-likeness (QED) is 0.725. The van der Waals surface area contributed by atoms with Gasteiger partial charge < -0.3 is 10.5 Å². The lowest BCUT2D eigenvalue weighted by Gasteiger charge is -2.70. The average Bonchev–Trinajstić information content (AvgIpc) is 1.89. The summed E-state index contributed by atoms with van der Waals surface area (Å²) in [7, 11) is 0. The van der Waals surface area contributed by atoms with E-state index in [-0.39, 0.29) is 17.0 Å². The van der Waals surface area contributed by atoms with Crippen molar-refractivity contribution in [3.63, 3.8) is 0 Å². The summed E-state index contributed by atoms with van der Waals surface area (Å²) in [5.41, 5.74) is 6.00. The molecule has 3 aliphatic rings. The van der Waals surface area contributed by atoms with E-state index in [4.69, 9.17) is 10.5 Å². The Morgan fingerprint density at radius 3 is 2.20 bits per heavy atom. The third-order valence-electron chi connectivity index (χ3n) is 3.62. The van der Waals surface area contributed by atoms with E-state index < -0.39 is 0 Å². The smallest absolute Gasteiger partial charge is 0.306 e. The van der Waals surface area contributed by atoms with Crippen LogP contribution in [-0.2, 0) is 9.53 Å². The van der Waals surface area contributed by atoms with Gasteiger partial charge >= 0.3 is 5.97 Å². The zero-order chi connectivity index (χ0) is 11.3. The standard InChI is InChI=1S/C12H21NO2/c1-10(2,3)15-9(14)4-11-5-12(6-11,7-11)8-13/h4-8,13H2,1-3H3. The van der Waals surface area contributed by atoms with Crippen molar-refractivity contribution in [3.8, 4) is 0 Å². The van der Waals surface area contributed by atoms with Crippen molar-refractivity contribution in [3.05, 3.63) is 0 Å². The monoisotopic (exact) mass is 211 g/mol. The van der Waals surface area contributed by atoms with Gasteiger partial charge in [0.2, 0.25) is 0 Å². The number of esters is 1. The van der Waals surface area contributed by atoms with E-state index in [9.17, 15) is 4.79 Å². The van der Waals surface area contributed by atoms with Crippen LogP contribution in [-0.4, -0.2) is 18.1 Å². The maximum atomic E-state index is 11.6. The van der Waals surface area contributed by atoms with Crippen LogP contribution < -0.4 is 5.73 Å². The van der Waals surface area contributed by atoms with Gasteiger partial charge in [0.1, 0.15) is 5.60 Å². The van der Waals surface area contributed by atoms with Crippen LogP contribution in [0.4, 0.5) is 0 Å². The number of carbonyl (C=O) groups is 1. The van der Waals surface area contributed by atoms with Crippen molar-refractivity contribution in [1.82, 2.24) is 0 Å². The molecule has 3 rings (SSSR count). The van der Waals surface area contributed by atoms with Crippen LogP contribution in [0.15, 0.2) is 0 Å². The zero-order valence-electron chi connectivity index (χ0n) is 9.93. The van der Waals surface area contributed by atoms with Crippen LogP contribution in [0.2, 0.25) is 0 Å². The minimum atomic E-state index is -0.355. The van der Waals surface area contributed by atoms with Crippen LogP contribution >= 0.6 is 0 Å². The van der Waals surface area contributed by atoms with Crippen molar-refractivity contribution in [1.29, 1.82) is 0 Å². The molecule has 0 aromatic rings. The Labute approximate surface area is 91.4 Å². The van der Waals surface area contributed by atoms with Gasteiger partial charge in [0.15, 0.2) is 0 Å². The Bertz CT molecular complexity index is 271. The highest BCUT2D eigenvalue weighted by atomic mass is 16.6. The van der Waals surface area contributed by atoms with Crippen molar-refractivity contribution >= 4 is 5.97 Å². The number of ether oxygens (including phenoxy) is 1. The minimum Gasteiger partial charge on any atom is -0.460 e. The third-order valence-corrected chi connectivity index (χ3v) is 3.62. The highest BCUT2D eigenvalue weighted by Crippen LogP contribution is 2.74. The topological polar surface area (TPSA) is 52.3 Å². The van der Waals surface area contributed by atoms with Crippen molar-refractivity contribution in [2.24, 2.45) is 16.6 Å².